The van der Waals surface area contributed by atoms with Gasteiger partial charge in [0.25, 0.3) is 0 Å². The van der Waals surface area contributed by atoms with Gasteiger partial charge in [-0.1, -0.05) is 26.2 Å². The third kappa shape index (κ3) is 3.45. The van der Waals surface area contributed by atoms with Crippen molar-refractivity contribution in [3.63, 3.8) is 0 Å². The molecule has 0 aromatic carbocycles. The Bertz CT molecular complexity index is 382. The van der Waals surface area contributed by atoms with Gasteiger partial charge in [0, 0.05) is 12.6 Å². The van der Waals surface area contributed by atoms with Crippen molar-refractivity contribution in [1.82, 2.24) is 15.1 Å². The molecule has 1 fully saturated rings. The summed E-state index contributed by atoms with van der Waals surface area (Å²) in [7, 11) is 0. The molecule has 1 aromatic rings. The van der Waals surface area contributed by atoms with Crippen molar-refractivity contribution < 1.29 is 0 Å². The fourth-order valence-corrected chi connectivity index (χ4v) is 2.64. The van der Waals surface area contributed by atoms with Crippen molar-refractivity contribution in [2.75, 3.05) is 11.9 Å². The van der Waals surface area contributed by atoms with Gasteiger partial charge >= 0.3 is 0 Å². The van der Waals surface area contributed by atoms with Gasteiger partial charge in [0.05, 0.1) is 12.2 Å². The summed E-state index contributed by atoms with van der Waals surface area (Å²) in [5.74, 6) is 1.01. The lowest BCUT2D eigenvalue weighted by Crippen LogP contribution is -2.30. The van der Waals surface area contributed by atoms with Crippen LogP contribution in [-0.2, 0) is 0 Å². The van der Waals surface area contributed by atoms with Gasteiger partial charge in [-0.25, -0.2) is 4.68 Å². The first-order chi connectivity index (χ1) is 8.81. The average Bonchev–Trinajstić information content (AvgIpc) is 2.85. The second-order valence-corrected chi connectivity index (χ2v) is 5.24. The molecule has 0 bridgehead atoms. The molecule has 2 rings (SSSR count). The van der Waals surface area contributed by atoms with Crippen LogP contribution in [-0.4, -0.2) is 21.4 Å². The summed E-state index contributed by atoms with van der Waals surface area (Å²) in [6.45, 7) is 3.03. The molecule has 1 aromatic heterocycles. The van der Waals surface area contributed by atoms with E-state index in [-0.39, 0.29) is 0 Å². The molecule has 100 valence electrons. The number of thiocarbonyl (C=S) groups is 1. The zero-order chi connectivity index (χ0) is 12.8. The number of nitrogens with zero attached hydrogens (tertiary/aromatic N) is 2. The molecule has 1 aliphatic carbocycles. The molecule has 0 atom stereocenters. The van der Waals surface area contributed by atoms with Crippen molar-refractivity contribution in [3.8, 4) is 0 Å². The minimum Gasteiger partial charge on any atom is -0.362 e. The number of anilines is 1. The van der Waals surface area contributed by atoms with Crippen LogP contribution >= 0.6 is 12.2 Å². The first kappa shape index (κ1) is 13.3. The topological polar surface area (TPSA) is 41.9 Å². The summed E-state index contributed by atoms with van der Waals surface area (Å²) in [5.41, 5.74) is 0. The Balaban J connectivity index is 1.96. The second-order valence-electron chi connectivity index (χ2n) is 4.83. The van der Waals surface area contributed by atoms with E-state index in [0.717, 1.165) is 18.8 Å². The highest BCUT2D eigenvalue weighted by atomic mass is 32.1. The summed E-state index contributed by atoms with van der Waals surface area (Å²) in [6, 6.07) is 2.53. The maximum atomic E-state index is 5.27. The van der Waals surface area contributed by atoms with E-state index in [2.05, 4.69) is 27.3 Å². The zero-order valence-electron chi connectivity index (χ0n) is 11.0. The normalized spacial score (nSPS) is 16.5. The Morgan fingerprint density at radius 3 is 2.94 bits per heavy atom. The van der Waals surface area contributed by atoms with E-state index in [0.29, 0.717) is 11.2 Å². The zero-order valence-corrected chi connectivity index (χ0v) is 11.8. The molecule has 5 heteroatoms. The van der Waals surface area contributed by atoms with Crippen LogP contribution in [0, 0.1) is 0 Å². The van der Waals surface area contributed by atoms with E-state index >= 15 is 0 Å². The van der Waals surface area contributed by atoms with Crippen LogP contribution in [0.5, 0.6) is 0 Å². The molecular formula is C13H22N4S. The molecule has 0 unspecified atom stereocenters. The molecule has 1 saturated carbocycles. The lowest BCUT2D eigenvalue weighted by atomic mass is 9.96. The summed E-state index contributed by atoms with van der Waals surface area (Å²) >= 11 is 5.27. The highest BCUT2D eigenvalue weighted by molar-refractivity contribution is 7.80. The number of rotatable bonds is 4. The SMILES string of the molecule is CCCNC(=S)Nc1ccnn1C1CCCCC1. The van der Waals surface area contributed by atoms with E-state index in [1.54, 1.807) is 0 Å². The van der Waals surface area contributed by atoms with E-state index in [1.165, 1.54) is 32.1 Å². The van der Waals surface area contributed by atoms with Crippen LogP contribution in [0.3, 0.4) is 0 Å². The van der Waals surface area contributed by atoms with Gasteiger partial charge in [-0.05, 0) is 31.5 Å². The fraction of sp³-hybridized carbons (Fsp3) is 0.692. The van der Waals surface area contributed by atoms with Crippen molar-refractivity contribution in [1.29, 1.82) is 0 Å². The lowest BCUT2D eigenvalue weighted by Gasteiger charge is -2.24. The lowest BCUT2D eigenvalue weighted by molar-refractivity contribution is 0.333. The van der Waals surface area contributed by atoms with Crippen molar-refractivity contribution in [2.45, 2.75) is 51.5 Å². The Hall–Kier alpha value is -1.10. The molecule has 0 aliphatic heterocycles. The predicted molar refractivity (Wildman–Crippen MR) is 78.9 cm³/mol. The molecule has 0 radical (unpaired) electrons. The highest BCUT2D eigenvalue weighted by Gasteiger charge is 2.18. The van der Waals surface area contributed by atoms with Gasteiger partial charge in [0.1, 0.15) is 5.82 Å². The van der Waals surface area contributed by atoms with Gasteiger partial charge in [0.2, 0.25) is 0 Å². The van der Waals surface area contributed by atoms with Crippen LogP contribution in [0.25, 0.3) is 0 Å². The third-order valence-corrected chi connectivity index (χ3v) is 3.61. The van der Waals surface area contributed by atoms with Crippen molar-refractivity contribution in [3.05, 3.63) is 12.3 Å². The molecule has 0 amide bonds. The van der Waals surface area contributed by atoms with Gasteiger partial charge in [-0.3, -0.25) is 0 Å². The van der Waals surface area contributed by atoms with Crippen molar-refractivity contribution >= 4 is 23.1 Å². The van der Waals surface area contributed by atoms with Crippen LogP contribution in [0.2, 0.25) is 0 Å². The summed E-state index contributed by atoms with van der Waals surface area (Å²) in [6.07, 6.45) is 9.35. The van der Waals surface area contributed by atoms with Gasteiger partial charge in [-0.2, -0.15) is 5.10 Å². The smallest absolute Gasteiger partial charge is 0.171 e. The summed E-state index contributed by atoms with van der Waals surface area (Å²) in [5, 5.41) is 11.6. The minimum absolute atomic E-state index is 0.533. The van der Waals surface area contributed by atoms with E-state index in [9.17, 15) is 0 Å². The van der Waals surface area contributed by atoms with Gasteiger partial charge in [-0.15, -0.1) is 0 Å². The number of hydrogen-bond donors (Lipinski definition) is 2. The first-order valence-electron chi connectivity index (χ1n) is 6.89. The van der Waals surface area contributed by atoms with Gasteiger partial charge < -0.3 is 10.6 Å². The quantitative estimate of drug-likeness (QED) is 0.822. The maximum Gasteiger partial charge on any atom is 0.171 e. The molecule has 4 nitrogen and oxygen atoms in total. The number of aromatic nitrogens is 2. The molecule has 18 heavy (non-hydrogen) atoms. The molecule has 1 aliphatic rings. The van der Waals surface area contributed by atoms with Crippen LogP contribution in [0.15, 0.2) is 12.3 Å². The first-order valence-corrected chi connectivity index (χ1v) is 7.30. The molecule has 2 N–H and O–H groups in total. The van der Waals surface area contributed by atoms with Crippen LogP contribution < -0.4 is 10.6 Å². The van der Waals surface area contributed by atoms with Gasteiger partial charge in [0.15, 0.2) is 5.11 Å². The van der Waals surface area contributed by atoms with Crippen LogP contribution in [0.1, 0.15) is 51.5 Å². The second kappa shape index (κ2) is 6.73. The Morgan fingerprint density at radius 1 is 1.44 bits per heavy atom. The minimum atomic E-state index is 0.533. The summed E-state index contributed by atoms with van der Waals surface area (Å²) < 4.78 is 2.10. The molecule has 0 spiro atoms. The maximum absolute atomic E-state index is 5.27. The average molecular weight is 266 g/mol. The fourth-order valence-electron chi connectivity index (χ4n) is 2.43. The van der Waals surface area contributed by atoms with E-state index in [4.69, 9.17) is 12.2 Å². The van der Waals surface area contributed by atoms with E-state index < -0.39 is 0 Å². The largest absolute Gasteiger partial charge is 0.362 e. The summed E-state index contributed by atoms with van der Waals surface area (Å²) in [4.78, 5) is 0. The van der Waals surface area contributed by atoms with Crippen LogP contribution in [0.4, 0.5) is 5.82 Å². The van der Waals surface area contributed by atoms with Crippen molar-refractivity contribution in [2.24, 2.45) is 0 Å². The number of nitrogens with one attached hydrogen (secondary N) is 2. The molecule has 0 saturated heterocycles. The highest BCUT2D eigenvalue weighted by Crippen LogP contribution is 2.29. The Labute approximate surface area is 114 Å². The Morgan fingerprint density at radius 2 is 2.22 bits per heavy atom. The van der Waals surface area contributed by atoms with E-state index in [1.807, 2.05) is 12.3 Å². The molecule has 1 heterocycles. The monoisotopic (exact) mass is 266 g/mol. The standard InChI is InChI=1S/C13H22N4S/c1-2-9-14-13(18)16-12-8-10-15-17(12)11-6-4-3-5-7-11/h8,10-11H,2-7,9H2,1H3,(H2,14,16,18). The third-order valence-electron chi connectivity index (χ3n) is 3.37. The molecular weight excluding hydrogens is 244 g/mol. The predicted octanol–water partition coefficient (Wildman–Crippen LogP) is 3.08. The Kier molecular flexibility index (Phi) is 4.99. The number of hydrogen-bond acceptors (Lipinski definition) is 2.